The molecule has 0 radical (unpaired) electrons. The van der Waals surface area contributed by atoms with E-state index < -0.39 is 15.9 Å². The Morgan fingerprint density at radius 2 is 2.07 bits per heavy atom. The largest absolute Gasteiger partial charge is 0.506 e. The van der Waals surface area contributed by atoms with Crippen molar-refractivity contribution in [3.05, 3.63) is 23.8 Å². The van der Waals surface area contributed by atoms with Gasteiger partial charge in [0.05, 0.1) is 11.8 Å². The minimum absolute atomic E-state index is 0.0829. The number of sulfonamides is 1. The van der Waals surface area contributed by atoms with Crippen LogP contribution in [0.2, 0.25) is 0 Å². The zero-order valence-corrected chi connectivity index (χ0v) is 8.71. The van der Waals surface area contributed by atoms with Crippen LogP contribution in [0.3, 0.4) is 0 Å². The lowest BCUT2D eigenvalue weighted by Gasteiger charge is -2.09. The maximum Gasteiger partial charge on any atom is 0.250 e. The fourth-order valence-electron chi connectivity index (χ4n) is 1.04. The van der Waals surface area contributed by atoms with Gasteiger partial charge in [0.25, 0.3) is 5.91 Å². The second kappa shape index (κ2) is 3.77. The molecule has 1 aromatic carbocycles. The third-order valence-electron chi connectivity index (χ3n) is 1.60. The molecule has 1 amide bonds. The number of nitrogens with two attached hydrogens (primary N) is 1. The highest BCUT2D eigenvalue weighted by Gasteiger charge is 2.15. The molecule has 0 atom stereocenters. The van der Waals surface area contributed by atoms with Gasteiger partial charge in [-0.3, -0.25) is 9.52 Å². The van der Waals surface area contributed by atoms with E-state index in [2.05, 4.69) is 0 Å². The van der Waals surface area contributed by atoms with E-state index in [1.54, 1.807) is 0 Å². The van der Waals surface area contributed by atoms with Gasteiger partial charge in [0.1, 0.15) is 11.4 Å². The number of hydrogen-bond acceptors (Lipinski definition) is 4. The first-order valence-corrected chi connectivity index (χ1v) is 5.80. The van der Waals surface area contributed by atoms with Gasteiger partial charge in [-0.1, -0.05) is 6.07 Å². The number of aromatic hydroxyl groups is 1. The molecule has 0 spiro atoms. The van der Waals surface area contributed by atoms with Crippen LogP contribution in [0.1, 0.15) is 10.4 Å². The zero-order valence-electron chi connectivity index (χ0n) is 7.89. The lowest BCUT2D eigenvalue weighted by Crippen LogP contribution is -2.17. The Balaban J connectivity index is 3.32. The number of anilines is 1. The molecule has 0 heterocycles. The molecule has 0 aliphatic rings. The molecule has 1 aromatic rings. The molecule has 15 heavy (non-hydrogen) atoms. The minimum Gasteiger partial charge on any atom is -0.506 e. The quantitative estimate of drug-likeness (QED) is 0.628. The molecular weight excluding hydrogens is 220 g/mol. The van der Waals surface area contributed by atoms with Crippen LogP contribution in [-0.2, 0) is 10.0 Å². The zero-order chi connectivity index (χ0) is 11.6. The van der Waals surface area contributed by atoms with Crippen molar-refractivity contribution in [2.24, 2.45) is 5.73 Å². The van der Waals surface area contributed by atoms with Crippen molar-refractivity contribution in [2.45, 2.75) is 0 Å². The van der Waals surface area contributed by atoms with E-state index in [1.165, 1.54) is 18.2 Å². The second-order valence-corrected chi connectivity index (χ2v) is 4.69. The Kier molecular flexibility index (Phi) is 2.85. The van der Waals surface area contributed by atoms with Gasteiger partial charge >= 0.3 is 0 Å². The Bertz CT molecular complexity index is 495. The highest BCUT2D eigenvalue weighted by atomic mass is 32.2. The number of primary amides is 1. The molecule has 6 nitrogen and oxygen atoms in total. The Morgan fingerprint density at radius 3 is 2.53 bits per heavy atom. The van der Waals surface area contributed by atoms with Crippen LogP contribution in [0.25, 0.3) is 0 Å². The standard InChI is InChI=1S/C8H10N2O4S/c1-15(13,14)10-7-5(8(9)12)3-2-4-6(7)11/h2-4,10-11H,1H3,(H2,9,12). The van der Waals surface area contributed by atoms with E-state index in [9.17, 15) is 18.3 Å². The number of phenolic OH excluding ortho intramolecular Hbond substituents is 1. The van der Waals surface area contributed by atoms with Crippen molar-refractivity contribution >= 4 is 21.6 Å². The van der Waals surface area contributed by atoms with Crippen LogP contribution in [0.4, 0.5) is 5.69 Å². The number of carbonyl (C=O) groups excluding carboxylic acids is 1. The number of carbonyl (C=O) groups is 1. The number of hydrogen-bond donors (Lipinski definition) is 3. The van der Waals surface area contributed by atoms with E-state index in [-0.39, 0.29) is 17.0 Å². The smallest absolute Gasteiger partial charge is 0.250 e. The van der Waals surface area contributed by atoms with Gasteiger partial charge in [0.15, 0.2) is 0 Å². The lowest BCUT2D eigenvalue weighted by atomic mass is 10.1. The van der Waals surface area contributed by atoms with Crippen LogP contribution < -0.4 is 10.5 Å². The molecule has 0 saturated heterocycles. The monoisotopic (exact) mass is 230 g/mol. The second-order valence-electron chi connectivity index (χ2n) is 2.94. The van der Waals surface area contributed by atoms with E-state index in [1.807, 2.05) is 4.72 Å². The molecule has 82 valence electrons. The third-order valence-corrected chi connectivity index (χ3v) is 2.17. The van der Waals surface area contributed by atoms with Crippen molar-refractivity contribution < 1.29 is 18.3 Å². The summed E-state index contributed by atoms with van der Waals surface area (Å²) in [5.74, 6) is -1.17. The number of amides is 1. The highest BCUT2D eigenvalue weighted by Crippen LogP contribution is 2.27. The molecule has 0 aliphatic carbocycles. The van der Waals surface area contributed by atoms with Crippen LogP contribution in [0, 0.1) is 0 Å². The molecule has 0 aliphatic heterocycles. The summed E-state index contributed by atoms with van der Waals surface area (Å²) in [5.41, 5.74) is 4.73. The van der Waals surface area contributed by atoms with E-state index >= 15 is 0 Å². The van der Waals surface area contributed by atoms with Gasteiger partial charge in [-0.05, 0) is 12.1 Å². The van der Waals surface area contributed by atoms with Crippen molar-refractivity contribution in [2.75, 3.05) is 11.0 Å². The predicted octanol–water partition coefficient (Wildman–Crippen LogP) is -0.137. The van der Waals surface area contributed by atoms with Gasteiger partial charge in [-0.15, -0.1) is 0 Å². The van der Waals surface area contributed by atoms with Gasteiger partial charge in [0.2, 0.25) is 10.0 Å². The van der Waals surface area contributed by atoms with Crippen LogP contribution in [0.15, 0.2) is 18.2 Å². The lowest BCUT2D eigenvalue weighted by molar-refractivity contribution is 0.100. The molecule has 0 fully saturated rings. The number of para-hydroxylation sites is 1. The summed E-state index contributed by atoms with van der Waals surface area (Å²) in [6.07, 6.45) is 0.907. The van der Waals surface area contributed by atoms with Gasteiger partial charge < -0.3 is 10.8 Å². The maximum atomic E-state index is 11.0. The third kappa shape index (κ3) is 2.84. The Morgan fingerprint density at radius 1 is 1.47 bits per heavy atom. The minimum atomic E-state index is -3.57. The molecular formula is C8H10N2O4S. The molecule has 0 unspecified atom stereocenters. The summed E-state index contributed by atoms with van der Waals surface area (Å²) in [6.45, 7) is 0. The molecule has 7 heteroatoms. The average molecular weight is 230 g/mol. The maximum absolute atomic E-state index is 11.0. The topological polar surface area (TPSA) is 109 Å². The average Bonchev–Trinajstić information content (AvgIpc) is 2.05. The number of benzene rings is 1. The summed E-state index contributed by atoms with van der Waals surface area (Å²) >= 11 is 0. The predicted molar refractivity (Wildman–Crippen MR) is 55.1 cm³/mol. The van der Waals surface area contributed by atoms with Crippen LogP contribution >= 0.6 is 0 Å². The molecule has 0 bridgehead atoms. The number of nitrogens with one attached hydrogen (secondary N) is 1. The van der Waals surface area contributed by atoms with Gasteiger partial charge in [0, 0.05) is 0 Å². The fraction of sp³-hybridized carbons (Fsp3) is 0.125. The van der Waals surface area contributed by atoms with Gasteiger partial charge in [-0.25, -0.2) is 8.42 Å². The van der Waals surface area contributed by atoms with Crippen LogP contribution in [0.5, 0.6) is 5.75 Å². The Hall–Kier alpha value is -1.76. The highest BCUT2D eigenvalue weighted by molar-refractivity contribution is 7.92. The van der Waals surface area contributed by atoms with E-state index in [4.69, 9.17) is 5.73 Å². The molecule has 1 rings (SSSR count). The first kappa shape index (κ1) is 11.3. The molecule has 4 N–H and O–H groups in total. The summed E-state index contributed by atoms with van der Waals surface area (Å²) in [6, 6.07) is 3.96. The van der Waals surface area contributed by atoms with Crippen LogP contribution in [-0.4, -0.2) is 25.7 Å². The Labute approximate surface area is 86.8 Å². The van der Waals surface area contributed by atoms with Crippen molar-refractivity contribution in [1.29, 1.82) is 0 Å². The normalized spacial score (nSPS) is 11.0. The molecule has 0 saturated carbocycles. The van der Waals surface area contributed by atoms with Crippen molar-refractivity contribution in [3.8, 4) is 5.75 Å². The fourth-order valence-corrected chi connectivity index (χ4v) is 1.62. The summed E-state index contributed by atoms with van der Waals surface area (Å²) in [4.78, 5) is 10.9. The SMILES string of the molecule is CS(=O)(=O)Nc1c(O)cccc1C(N)=O. The van der Waals surface area contributed by atoms with Gasteiger partial charge in [-0.2, -0.15) is 0 Å². The first-order chi connectivity index (χ1) is 6.81. The first-order valence-electron chi connectivity index (χ1n) is 3.91. The van der Waals surface area contributed by atoms with E-state index in [0.29, 0.717) is 0 Å². The van der Waals surface area contributed by atoms with Crippen molar-refractivity contribution in [3.63, 3.8) is 0 Å². The summed E-state index contributed by atoms with van der Waals surface area (Å²) in [5, 5.41) is 9.37. The number of rotatable bonds is 3. The summed E-state index contributed by atoms with van der Waals surface area (Å²) < 4.78 is 23.9. The number of phenols is 1. The van der Waals surface area contributed by atoms with Crippen molar-refractivity contribution in [1.82, 2.24) is 0 Å². The van der Waals surface area contributed by atoms with E-state index in [0.717, 1.165) is 6.26 Å². The summed E-state index contributed by atoms with van der Waals surface area (Å²) in [7, 11) is -3.57. The molecule has 0 aromatic heterocycles.